The first-order valence-corrected chi connectivity index (χ1v) is 8.05. The first kappa shape index (κ1) is 15.4. The van der Waals surface area contributed by atoms with Gasteiger partial charge in [0.25, 0.3) is 0 Å². The van der Waals surface area contributed by atoms with Gasteiger partial charge < -0.3 is 10.1 Å². The zero-order chi connectivity index (χ0) is 14.6. The average Bonchev–Trinajstić information content (AvgIpc) is 2.42. The minimum Gasteiger partial charge on any atom is -0.487 e. The van der Waals surface area contributed by atoms with Crippen molar-refractivity contribution in [3.05, 3.63) is 29.8 Å². The molecule has 2 nitrogen and oxygen atoms in total. The Labute approximate surface area is 123 Å². The van der Waals surface area contributed by atoms with Crippen LogP contribution in [0.2, 0.25) is 0 Å². The Kier molecular flexibility index (Phi) is 5.09. The quantitative estimate of drug-likeness (QED) is 0.812. The highest BCUT2D eigenvalue weighted by Gasteiger charge is 2.36. The van der Waals surface area contributed by atoms with Crippen molar-refractivity contribution >= 4 is 0 Å². The summed E-state index contributed by atoms with van der Waals surface area (Å²) in [6.45, 7) is 10.1. The van der Waals surface area contributed by atoms with Crippen LogP contribution in [0, 0.1) is 5.92 Å². The number of rotatable bonds is 6. The molecule has 0 bridgehead atoms. The summed E-state index contributed by atoms with van der Waals surface area (Å²) in [4.78, 5) is 0. The van der Waals surface area contributed by atoms with Crippen LogP contribution in [-0.4, -0.2) is 12.1 Å². The van der Waals surface area contributed by atoms with Gasteiger partial charge >= 0.3 is 0 Å². The smallest absolute Gasteiger partial charge is 0.124 e. The fourth-order valence-electron chi connectivity index (χ4n) is 2.96. The third-order valence-corrected chi connectivity index (χ3v) is 4.18. The number of para-hydroxylation sites is 1. The van der Waals surface area contributed by atoms with Crippen LogP contribution < -0.4 is 10.1 Å². The van der Waals surface area contributed by atoms with Crippen LogP contribution in [-0.2, 0) is 0 Å². The van der Waals surface area contributed by atoms with E-state index in [0.29, 0.717) is 6.04 Å². The summed E-state index contributed by atoms with van der Waals surface area (Å²) in [5.41, 5.74) is 1.28. The van der Waals surface area contributed by atoms with E-state index in [1.54, 1.807) is 0 Å². The van der Waals surface area contributed by atoms with E-state index in [0.717, 1.165) is 31.1 Å². The summed E-state index contributed by atoms with van der Waals surface area (Å²) in [5, 5.41) is 3.69. The first-order valence-electron chi connectivity index (χ1n) is 8.05. The Morgan fingerprint density at radius 3 is 2.80 bits per heavy atom. The Morgan fingerprint density at radius 2 is 2.10 bits per heavy atom. The zero-order valence-corrected chi connectivity index (χ0v) is 13.4. The van der Waals surface area contributed by atoms with Crippen LogP contribution in [0.1, 0.15) is 65.0 Å². The van der Waals surface area contributed by atoms with E-state index in [1.807, 2.05) is 0 Å². The number of hydrogen-bond donors (Lipinski definition) is 1. The molecule has 1 aromatic carbocycles. The summed E-state index contributed by atoms with van der Waals surface area (Å²) in [6, 6.07) is 8.92. The highest BCUT2D eigenvalue weighted by atomic mass is 16.5. The predicted octanol–water partition coefficient (Wildman–Crippen LogP) is 4.70. The van der Waals surface area contributed by atoms with Crippen LogP contribution in [0.4, 0.5) is 0 Å². The van der Waals surface area contributed by atoms with Crippen molar-refractivity contribution in [2.75, 3.05) is 6.54 Å². The van der Waals surface area contributed by atoms with Gasteiger partial charge in [0, 0.05) is 18.0 Å². The molecule has 2 heteroatoms. The van der Waals surface area contributed by atoms with Gasteiger partial charge in [0.05, 0.1) is 0 Å². The molecule has 0 saturated heterocycles. The Bertz CT molecular complexity index is 429. The SMILES string of the molecule is CCCNC1CC(C)(CCC(C)C)Oc2ccccc21. The monoisotopic (exact) mass is 275 g/mol. The van der Waals surface area contributed by atoms with Crippen molar-refractivity contribution in [2.24, 2.45) is 5.92 Å². The molecule has 1 aromatic rings. The maximum atomic E-state index is 6.34. The summed E-state index contributed by atoms with van der Waals surface area (Å²) in [7, 11) is 0. The molecule has 0 fully saturated rings. The Morgan fingerprint density at radius 1 is 1.35 bits per heavy atom. The lowest BCUT2D eigenvalue weighted by atomic mass is 9.84. The van der Waals surface area contributed by atoms with Crippen LogP contribution in [0.5, 0.6) is 5.75 Å². The van der Waals surface area contributed by atoms with Gasteiger partial charge in [0.2, 0.25) is 0 Å². The molecule has 1 N–H and O–H groups in total. The fraction of sp³-hybridized carbons (Fsp3) is 0.667. The van der Waals surface area contributed by atoms with Crippen LogP contribution in [0.25, 0.3) is 0 Å². The van der Waals surface area contributed by atoms with E-state index < -0.39 is 0 Å². The van der Waals surface area contributed by atoms with E-state index in [9.17, 15) is 0 Å². The number of ether oxygens (including phenoxy) is 1. The largest absolute Gasteiger partial charge is 0.487 e. The number of fused-ring (bicyclic) bond motifs is 1. The van der Waals surface area contributed by atoms with Crippen LogP contribution in [0.15, 0.2) is 24.3 Å². The van der Waals surface area contributed by atoms with E-state index in [1.165, 1.54) is 18.4 Å². The lowest BCUT2D eigenvalue weighted by Crippen LogP contribution is -2.42. The van der Waals surface area contributed by atoms with Crippen molar-refractivity contribution in [2.45, 2.75) is 65.0 Å². The molecule has 2 unspecified atom stereocenters. The molecule has 0 aliphatic carbocycles. The van der Waals surface area contributed by atoms with Gasteiger partial charge in [-0.1, -0.05) is 39.0 Å². The molecule has 0 amide bonds. The van der Waals surface area contributed by atoms with Gasteiger partial charge in [-0.25, -0.2) is 0 Å². The Hall–Kier alpha value is -1.02. The lowest BCUT2D eigenvalue weighted by molar-refractivity contribution is 0.0349. The molecule has 0 aromatic heterocycles. The maximum absolute atomic E-state index is 6.34. The molecular formula is C18H29NO. The molecule has 0 radical (unpaired) electrons. The van der Waals surface area contributed by atoms with E-state index in [4.69, 9.17) is 4.74 Å². The molecule has 0 saturated carbocycles. The fourth-order valence-corrected chi connectivity index (χ4v) is 2.96. The minimum absolute atomic E-state index is 0.0377. The molecule has 1 heterocycles. The second-order valence-electron chi connectivity index (χ2n) is 6.73. The molecule has 20 heavy (non-hydrogen) atoms. The van der Waals surface area contributed by atoms with E-state index in [-0.39, 0.29) is 5.60 Å². The van der Waals surface area contributed by atoms with Crippen molar-refractivity contribution in [1.82, 2.24) is 5.32 Å². The Balaban J connectivity index is 2.16. The number of hydrogen-bond acceptors (Lipinski definition) is 2. The average molecular weight is 275 g/mol. The predicted molar refractivity (Wildman–Crippen MR) is 85.2 cm³/mol. The first-order chi connectivity index (χ1) is 9.54. The van der Waals surface area contributed by atoms with Crippen molar-refractivity contribution < 1.29 is 4.74 Å². The normalized spacial score (nSPS) is 25.4. The zero-order valence-electron chi connectivity index (χ0n) is 13.4. The second-order valence-corrected chi connectivity index (χ2v) is 6.73. The number of nitrogens with one attached hydrogen (secondary N) is 1. The molecule has 2 rings (SSSR count). The topological polar surface area (TPSA) is 21.3 Å². The van der Waals surface area contributed by atoms with Crippen molar-refractivity contribution in [3.8, 4) is 5.75 Å². The minimum atomic E-state index is -0.0377. The standard InChI is InChI=1S/C18H29NO/c1-5-12-19-16-13-18(4,11-10-14(2)3)20-17-9-7-6-8-15(16)17/h6-9,14,16,19H,5,10-13H2,1-4H3. The van der Waals surface area contributed by atoms with E-state index >= 15 is 0 Å². The van der Waals surface area contributed by atoms with Crippen molar-refractivity contribution in [3.63, 3.8) is 0 Å². The van der Waals surface area contributed by atoms with Gasteiger partial charge in [-0.15, -0.1) is 0 Å². The van der Waals surface area contributed by atoms with Gasteiger partial charge in [0.1, 0.15) is 11.4 Å². The maximum Gasteiger partial charge on any atom is 0.124 e. The molecule has 1 aliphatic heterocycles. The molecule has 2 atom stereocenters. The third kappa shape index (κ3) is 3.76. The summed E-state index contributed by atoms with van der Waals surface area (Å²) in [6.07, 6.45) is 4.58. The number of benzene rings is 1. The molecule has 1 aliphatic rings. The highest BCUT2D eigenvalue weighted by Crippen LogP contribution is 2.41. The molecule has 112 valence electrons. The van der Waals surface area contributed by atoms with E-state index in [2.05, 4.69) is 57.3 Å². The second kappa shape index (κ2) is 6.62. The van der Waals surface area contributed by atoms with Gasteiger partial charge in [-0.05, 0) is 44.7 Å². The summed E-state index contributed by atoms with van der Waals surface area (Å²) < 4.78 is 6.34. The highest BCUT2D eigenvalue weighted by molar-refractivity contribution is 5.38. The summed E-state index contributed by atoms with van der Waals surface area (Å²) in [5.74, 6) is 1.80. The van der Waals surface area contributed by atoms with Gasteiger partial charge in [0.15, 0.2) is 0 Å². The summed E-state index contributed by atoms with van der Waals surface area (Å²) >= 11 is 0. The third-order valence-electron chi connectivity index (χ3n) is 4.18. The molecular weight excluding hydrogens is 246 g/mol. The lowest BCUT2D eigenvalue weighted by Gasteiger charge is -2.41. The van der Waals surface area contributed by atoms with Crippen LogP contribution >= 0.6 is 0 Å². The van der Waals surface area contributed by atoms with Gasteiger partial charge in [-0.3, -0.25) is 0 Å². The van der Waals surface area contributed by atoms with Crippen LogP contribution in [0.3, 0.4) is 0 Å². The van der Waals surface area contributed by atoms with Gasteiger partial charge in [-0.2, -0.15) is 0 Å². The molecule has 0 spiro atoms. The van der Waals surface area contributed by atoms with Crippen molar-refractivity contribution in [1.29, 1.82) is 0 Å².